The lowest BCUT2D eigenvalue weighted by Gasteiger charge is -2.05. The number of hydrogen-bond acceptors (Lipinski definition) is 4. The Morgan fingerprint density at radius 2 is 1.85 bits per heavy atom. The Labute approximate surface area is 115 Å². The summed E-state index contributed by atoms with van der Waals surface area (Å²) in [4.78, 5) is 12.0. The van der Waals surface area contributed by atoms with Gasteiger partial charge in [0.15, 0.2) is 0 Å². The van der Waals surface area contributed by atoms with Gasteiger partial charge in [0.05, 0.1) is 0 Å². The molecule has 0 saturated carbocycles. The maximum atomic E-state index is 12.0. The van der Waals surface area contributed by atoms with Crippen LogP contribution < -0.4 is 5.32 Å². The minimum absolute atomic E-state index is 0.120. The van der Waals surface area contributed by atoms with E-state index < -0.39 is 0 Å². The van der Waals surface area contributed by atoms with Gasteiger partial charge in [-0.1, -0.05) is 30.3 Å². The van der Waals surface area contributed by atoms with Gasteiger partial charge in [-0.2, -0.15) is 0 Å². The average Bonchev–Trinajstić information content (AvgIpc) is 2.95. The summed E-state index contributed by atoms with van der Waals surface area (Å²) in [5.41, 5.74) is 2.98. The molecule has 5 nitrogen and oxygen atoms in total. The standard InChI is InChI=1S/C15H13N3O2/c19-15(16-9-8-11-4-2-1-3-5-11)12-6-7-13-14(10-12)18-20-17-13/h1-7,10H,8-9H2,(H,16,19). The second-order valence-electron chi connectivity index (χ2n) is 4.46. The van der Waals surface area contributed by atoms with E-state index in [-0.39, 0.29) is 5.91 Å². The van der Waals surface area contributed by atoms with E-state index in [4.69, 9.17) is 0 Å². The summed E-state index contributed by atoms with van der Waals surface area (Å²) in [7, 11) is 0. The summed E-state index contributed by atoms with van der Waals surface area (Å²) in [5, 5.41) is 10.3. The number of carbonyl (C=O) groups excluding carboxylic acids is 1. The van der Waals surface area contributed by atoms with Crippen LogP contribution in [0.2, 0.25) is 0 Å². The lowest BCUT2D eigenvalue weighted by atomic mass is 10.1. The number of aromatic nitrogens is 2. The van der Waals surface area contributed by atoms with Crippen molar-refractivity contribution < 1.29 is 9.42 Å². The van der Waals surface area contributed by atoms with E-state index in [2.05, 4.69) is 20.3 Å². The van der Waals surface area contributed by atoms with E-state index in [9.17, 15) is 4.79 Å². The Kier molecular flexibility index (Phi) is 3.41. The fourth-order valence-electron chi connectivity index (χ4n) is 1.99. The summed E-state index contributed by atoms with van der Waals surface area (Å²) in [6, 6.07) is 15.1. The zero-order chi connectivity index (χ0) is 13.8. The van der Waals surface area contributed by atoms with Crippen LogP contribution in [0.4, 0.5) is 0 Å². The van der Waals surface area contributed by atoms with E-state index in [1.54, 1.807) is 18.2 Å². The van der Waals surface area contributed by atoms with Gasteiger partial charge in [-0.3, -0.25) is 4.79 Å². The summed E-state index contributed by atoms with van der Waals surface area (Å²) in [6.45, 7) is 0.595. The van der Waals surface area contributed by atoms with Gasteiger partial charge in [0.2, 0.25) is 0 Å². The van der Waals surface area contributed by atoms with Crippen molar-refractivity contribution in [3.63, 3.8) is 0 Å². The highest BCUT2D eigenvalue weighted by Gasteiger charge is 2.08. The van der Waals surface area contributed by atoms with Gasteiger partial charge in [0.1, 0.15) is 11.0 Å². The largest absolute Gasteiger partial charge is 0.352 e. The third-order valence-electron chi connectivity index (χ3n) is 3.06. The van der Waals surface area contributed by atoms with E-state index in [1.807, 2.05) is 30.3 Å². The quantitative estimate of drug-likeness (QED) is 0.786. The first-order chi connectivity index (χ1) is 9.83. The Hall–Kier alpha value is -2.69. The van der Waals surface area contributed by atoms with Crippen LogP contribution in [0.25, 0.3) is 11.0 Å². The van der Waals surface area contributed by atoms with Crippen LogP contribution in [-0.4, -0.2) is 22.8 Å². The summed E-state index contributed by atoms with van der Waals surface area (Å²) in [5.74, 6) is -0.120. The van der Waals surface area contributed by atoms with Gasteiger partial charge in [0, 0.05) is 12.1 Å². The first-order valence-electron chi connectivity index (χ1n) is 6.37. The molecule has 0 radical (unpaired) electrons. The molecule has 0 fully saturated rings. The summed E-state index contributed by atoms with van der Waals surface area (Å²) >= 11 is 0. The molecule has 0 spiro atoms. The van der Waals surface area contributed by atoms with Crippen LogP contribution in [0.1, 0.15) is 15.9 Å². The van der Waals surface area contributed by atoms with E-state index >= 15 is 0 Å². The van der Waals surface area contributed by atoms with Crippen molar-refractivity contribution in [3.05, 3.63) is 59.7 Å². The van der Waals surface area contributed by atoms with E-state index in [0.29, 0.717) is 23.1 Å². The Balaban J connectivity index is 1.61. The topological polar surface area (TPSA) is 68.0 Å². The molecule has 0 aliphatic rings. The molecular formula is C15H13N3O2. The number of nitrogens with one attached hydrogen (secondary N) is 1. The number of carbonyl (C=O) groups is 1. The molecule has 0 aliphatic carbocycles. The van der Waals surface area contributed by atoms with Crippen LogP contribution in [0.15, 0.2) is 53.2 Å². The number of benzene rings is 2. The molecule has 0 unspecified atom stereocenters. The molecule has 3 aromatic rings. The van der Waals surface area contributed by atoms with Crippen LogP contribution in [0.5, 0.6) is 0 Å². The molecule has 1 N–H and O–H groups in total. The van der Waals surface area contributed by atoms with Gasteiger partial charge >= 0.3 is 0 Å². The number of rotatable bonds is 4. The van der Waals surface area contributed by atoms with Crippen LogP contribution in [-0.2, 0) is 6.42 Å². The van der Waals surface area contributed by atoms with Crippen LogP contribution in [0, 0.1) is 0 Å². The lowest BCUT2D eigenvalue weighted by Crippen LogP contribution is -2.25. The normalized spacial score (nSPS) is 10.6. The van der Waals surface area contributed by atoms with Crippen molar-refractivity contribution in [2.24, 2.45) is 0 Å². The Bertz CT molecular complexity index is 722. The maximum absolute atomic E-state index is 12.0. The molecule has 2 aromatic carbocycles. The van der Waals surface area contributed by atoms with Crippen molar-refractivity contribution in [1.29, 1.82) is 0 Å². The number of hydrogen-bond donors (Lipinski definition) is 1. The van der Waals surface area contributed by atoms with Crippen LogP contribution in [0.3, 0.4) is 0 Å². The Morgan fingerprint density at radius 3 is 2.70 bits per heavy atom. The third kappa shape index (κ3) is 2.66. The highest BCUT2D eigenvalue weighted by atomic mass is 16.6. The molecule has 1 amide bonds. The minimum atomic E-state index is -0.120. The minimum Gasteiger partial charge on any atom is -0.352 e. The van der Waals surface area contributed by atoms with Crippen LogP contribution >= 0.6 is 0 Å². The van der Waals surface area contributed by atoms with Gasteiger partial charge < -0.3 is 5.32 Å². The predicted octanol–water partition coefficient (Wildman–Crippen LogP) is 2.20. The van der Waals surface area contributed by atoms with E-state index in [1.165, 1.54) is 5.56 Å². The molecule has 5 heteroatoms. The smallest absolute Gasteiger partial charge is 0.251 e. The molecule has 0 bridgehead atoms. The fourth-order valence-corrected chi connectivity index (χ4v) is 1.99. The lowest BCUT2D eigenvalue weighted by molar-refractivity contribution is 0.0954. The monoisotopic (exact) mass is 267 g/mol. The van der Waals surface area contributed by atoms with Gasteiger partial charge in [-0.25, -0.2) is 4.63 Å². The number of fused-ring (bicyclic) bond motifs is 1. The molecule has 0 aliphatic heterocycles. The molecular weight excluding hydrogens is 254 g/mol. The zero-order valence-corrected chi connectivity index (χ0v) is 10.7. The summed E-state index contributed by atoms with van der Waals surface area (Å²) in [6.07, 6.45) is 0.806. The molecule has 1 heterocycles. The Morgan fingerprint density at radius 1 is 1.05 bits per heavy atom. The van der Waals surface area contributed by atoms with Crippen molar-refractivity contribution in [2.75, 3.05) is 6.54 Å². The van der Waals surface area contributed by atoms with E-state index in [0.717, 1.165) is 6.42 Å². The molecule has 1 aromatic heterocycles. The highest BCUT2D eigenvalue weighted by molar-refractivity contribution is 5.97. The number of amides is 1. The SMILES string of the molecule is O=C(NCCc1ccccc1)c1ccc2nonc2c1. The molecule has 0 saturated heterocycles. The second-order valence-corrected chi connectivity index (χ2v) is 4.46. The van der Waals surface area contributed by atoms with Crippen molar-refractivity contribution in [2.45, 2.75) is 6.42 Å². The molecule has 3 rings (SSSR count). The second kappa shape index (κ2) is 5.52. The van der Waals surface area contributed by atoms with Gasteiger partial charge in [0.25, 0.3) is 5.91 Å². The third-order valence-corrected chi connectivity index (χ3v) is 3.06. The summed E-state index contributed by atoms with van der Waals surface area (Å²) < 4.78 is 4.61. The molecule has 100 valence electrons. The average molecular weight is 267 g/mol. The van der Waals surface area contributed by atoms with Gasteiger partial charge in [-0.15, -0.1) is 0 Å². The fraction of sp³-hybridized carbons (Fsp3) is 0.133. The molecule has 20 heavy (non-hydrogen) atoms. The van der Waals surface area contributed by atoms with Crippen molar-refractivity contribution in [1.82, 2.24) is 15.6 Å². The number of nitrogens with zero attached hydrogens (tertiary/aromatic N) is 2. The van der Waals surface area contributed by atoms with Crippen molar-refractivity contribution >= 4 is 16.9 Å². The van der Waals surface area contributed by atoms with Crippen molar-refractivity contribution in [3.8, 4) is 0 Å². The first-order valence-corrected chi connectivity index (χ1v) is 6.37. The highest BCUT2D eigenvalue weighted by Crippen LogP contribution is 2.11. The first kappa shape index (κ1) is 12.3. The maximum Gasteiger partial charge on any atom is 0.251 e. The van der Waals surface area contributed by atoms with Gasteiger partial charge in [-0.05, 0) is 40.5 Å². The zero-order valence-electron chi connectivity index (χ0n) is 10.7. The predicted molar refractivity (Wildman–Crippen MR) is 74.3 cm³/mol. The molecule has 0 atom stereocenters.